The lowest BCUT2D eigenvalue weighted by atomic mass is 10.1. The zero-order valence-electron chi connectivity index (χ0n) is 11.6. The van der Waals surface area contributed by atoms with Crippen LogP contribution in [0.4, 0.5) is 5.69 Å². The Morgan fingerprint density at radius 3 is 2.79 bits per heavy atom. The molecule has 0 radical (unpaired) electrons. The summed E-state index contributed by atoms with van der Waals surface area (Å²) in [7, 11) is 1.71. The summed E-state index contributed by atoms with van der Waals surface area (Å²) in [4.78, 5) is 14.2. The van der Waals surface area contributed by atoms with E-state index in [9.17, 15) is 4.79 Å². The molecule has 3 N–H and O–H groups in total. The molecule has 2 rings (SSSR count). The first-order valence-electron chi connectivity index (χ1n) is 6.82. The van der Waals surface area contributed by atoms with Crippen molar-refractivity contribution < 1.29 is 9.53 Å². The molecular formula is C13H22N4O2. The lowest BCUT2D eigenvalue weighted by Crippen LogP contribution is -2.41. The minimum absolute atomic E-state index is 0.0781. The highest BCUT2D eigenvalue weighted by Crippen LogP contribution is 2.20. The number of aromatic amines is 1. The second-order valence-corrected chi connectivity index (χ2v) is 4.94. The molecule has 0 aromatic carbocycles. The molecular weight excluding hydrogens is 244 g/mol. The molecule has 19 heavy (non-hydrogen) atoms. The second-order valence-electron chi connectivity index (χ2n) is 4.94. The first-order chi connectivity index (χ1) is 9.17. The van der Waals surface area contributed by atoms with Crippen molar-refractivity contribution in [2.45, 2.75) is 38.7 Å². The number of amides is 1. The first kappa shape index (κ1) is 13.9. The van der Waals surface area contributed by atoms with Gasteiger partial charge in [-0.2, -0.15) is 5.10 Å². The highest BCUT2D eigenvalue weighted by atomic mass is 16.5. The fourth-order valence-electron chi connectivity index (χ4n) is 2.43. The van der Waals surface area contributed by atoms with Crippen LogP contribution in [-0.4, -0.2) is 47.3 Å². The maximum Gasteiger partial charge on any atom is 0.276 e. The van der Waals surface area contributed by atoms with Gasteiger partial charge in [-0.15, -0.1) is 0 Å². The Bertz CT molecular complexity index is 436. The summed E-state index contributed by atoms with van der Waals surface area (Å²) in [6.07, 6.45) is 3.79. The lowest BCUT2D eigenvalue weighted by Gasteiger charge is -2.30. The van der Waals surface area contributed by atoms with Crippen molar-refractivity contribution in [3.8, 4) is 0 Å². The molecule has 1 saturated heterocycles. The highest BCUT2D eigenvalue weighted by Gasteiger charge is 2.26. The minimum Gasteiger partial charge on any atom is -0.395 e. The molecule has 1 aliphatic heterocycles. The van der Waals surface area contributed by atoms with E-state index in [0.29, 0.717) is 24.5 Å². The smallest absolute Gasteiger partial charge is 0.276 e. The average Bonchev–Trinajstić information content (AvgIpc) is 2.80. The molecule has 106 valence electrons. The molecule has 0 saturated carbocycles. The predicted molar refractivity (Wildman–Crippen MR) is 72.9 cm³/mol. The van der Waals surface area contributed by atoms with E-state index < -0.39 is 0 Å². The van der Waals surface area contributed by atoms with Gasteiger partial charge in [-0.1, -0.05) is 13.3 Å². The molecule has 0 atom stereocenters. The van der Waals surface area contributed by atoms with Crippen LogP contribution in [0.25, 0.3) is 0 Å². The van der Waals surface area contributed by atoms with Crippen molar-refractivity contribution in [1.82, 2.24) is 15.1 Å². The molecule has 2 heterocycles. The molecule has 1 aliphatic rings. The number of likely N-dealkylation sites (tertiary alicyclic amines) is 1. The number of anilines is 1. The van der Waals surface area contributed by atoms with Gasteiger partial charge in [-0.05, 0) is 19.3 Å². The summed E-state index contributed by atoms with van der Waals surface area (Å²) in [6, 6.07) is 0. The van der Waals surface area contributed by atoms with Gasteiger partial charge >= 0.3 is 0 Å². The van der Waals surface area contributed by atoms with Gasteiger partial charge in [0.1, 0.15) is 0 Å². The van der Waals surface area contributed by atoms with E-state index in [-0.39, 0.29) is 12.0 Å². The Kier molecular flexibility index (Phi) is 4.42. The molecule has 0 aliphatic carbocycles. The van der Waals surface area contributed by atoms with Crippen molar-refractivity contribution in [1.29, 1.82) is 0 Å². The number of nitrogens with zero attached hydrogens (tertiary/aromatic N) is 2. The first-order valence-corrected chi connectivity index (χ1v) is 6.82. The third-order valence-corrected chi connectivity index (χ3v) is 3.65. The summed E-state index contributed by atoms with van der Waals surface area (Å²) in [5.74, 6) is -0.0781. The minimum atomic E-state index is -0.0781. The maximum absolute atomic E-state index is 12.4. The summed E-state index contributed by atoms with van der Waals surface area (Å²) in [6.45, 7) is 3.47. The Morgan fingerprint density at radius 1 is 1.53 bits per heavy atom. The number of ether oxygens (including phenoxy) is 1. The number of methoxy groups -OCH3 is 1. The van der Waals surface area contributed by atoms with E-state index in [1.165, 1.54) is 0 Å². The number of nitrogens with one attached hydrogen (secondary N) is 1. The zero-order valence-corrected chi connectivity index (χ0v) is 11.6. The van der Waals surface area contributed by atoms with Gasteiger partial charge in [0.25, 0.3) is 5.91 Å². The number of carbonyl (C=O) groups is 1. The monoisotopic (exact) mass is 266 g/mol. The van der Waals surface area contributed by atoms with Crippen LogP contribution in [0.1, 0.15) is 42.4 Å². The van der Waals surface area contributed by atoms with Crippen LogP contribution in [-0.2, 0) is 11.2 Å². The Labute approximate surface area is 113 Å². The van der Waals surface area contributed by atoms with Crippen molar-refractivity contribution in [3.63, 3.8) is 0 Å². The average molecular weight is 266 g/mol. The predicted octanol–water partition coefficient (Wildman–Crippen LogP) is 1.20. The van der Waals surface area contributed by atoms with Crippen LogP contribution in [0.3, 0.4) is 0 Å². The summed E-state index contributed by atoms with van der Waals surface area (Å²) < 4.78 is 5.30. The quantitative estimate of drug-likeness (QED) is 0.857. The molecule has 6 heteroatoms. The molecule has 1 fully saturated rings. The zero-order chi connectivity index (χ0) is 13.8. The molecule has 0 spiro atoms. The number of aryl methyl sites for hydroxylation is 1. The molecule has 1 aromatic rings. The number of nitrogen functional groups attached to an aromatic ring is 1. The van der Waals surface area contributed by atoms with Gasteiger partial charge in [-0.25, -0.2) is 0 Å². The lowest BCUT2D eigenvalue weighted by molar-refractivity contribution is 0.0348. The van der Waals surface area contributed by atoms with Crippen LogP contribution in [0.15, 0.2) is 0 Å². The molecule has 1 amide bonds. The highest BCUT2D eigenvalue weighted by molar-refractivity contribution is 5.97. The second kappa shape index (κ2) is 6.06. The van der Waals surface area contributed by atoms with E-state index in [1.54, 1.807) is 12.0 Å². The van der Waals surface area contributed by atoms with Crippen molar-refractivity contribution in [3.05, 3.63) is 11.4 Å². The van der Waals surface area contributed by atoms with E-state index in [4.69, 9.17) is 10.5 Å². The fraction of sp³-hybridized carbons (Fsp3) is 0.692. The molecule has 6 nitrogen and oxygen atoms in total. The molecule has 1 aromatic heterocycles. The number of nitrogens with two attached hydrogens (primary N) is 1. The van der Waals surface area contributed by atoms with Crippen LogP contribution < -0.4 is 5.73 Å². The van der Waals surface area contributed by atoms with E-state index in [1.807, 2.05) is 0 Å². The van der Waals surface area contributed by atoms with Crippen LogP contribution >= 0.6 is 0 Å². The van der Waals surface area contributed by atoms with Crippen molar-refractivity contribution >= 4 is 11.6 Å². The number of H-pyrrole nitrogens is 1. The Balaban J connectivity index is 2.04. The van der Waals surface area contributed by atoms with E-state index in [0.717, 1.165) is 31.4 Å². The summed E-state index contributed by atoms with van der Waals surface area (Å²) in [5, 5.41) is 6.94. The van der Waals surface area contributed by atoms with Gasteiger partial charge in [0.15, 0.2) is 5.69 Å². The Hall–Kier alpha value is -1.56. The van der Waals surface area contributed by atoms with Crippen molar-refractivity contribution in [2.75, 3.05) is 25.9 Å². The standard InChI is InChI=1S/C13H22N4O2/c1-3-4-10-11(14)12(16-15-10)13(18)17-7-5-9(19-2)6-8-17/h9H,3-8,14H2,1-2H3,(H,15,16). The van der Waals surface area contributed by atoms with Gasteiger partial charge in [0.2, 0.25) is 0 Å². The van der Waals surface area contributed by atoms with Gasteiger partial charge in [0.05, 0.1) is 17.5 Å². The fourth-order valence-corrected chi connectivity index (χ4v) is 2.43. The number of piperidine rings is 1. The van der Waals surface area contributed by atoms with Gasteiger partial charge in [-0.3, -0.25) is 9.89 Å². The largest absolute Gasteiger partial charge is 0.395 e. The van der Waals surface area contributed by atoms with Crippen molar-refractivity contribution in [2.24, 2.45) is 0 Å². The number of hydrogen-bond donors (Lipinski definition) is 2. The van der Waals surface area contributed by atoms with E-state index in [2.05, 4.69) is 17.1 Å². The summed E-state index contributed by atoms with van der Waals surface area (Å²) in [5.41, 5.74) is 7.70. The van der Waals surface area contributed by atoms with Crippen LogP contribution in [0.2, 0.25) is 0 Å². The third-order valence-electron chi connectivity index (χ3n) is 3.65. The number of carbonyl (C=O) groups excluding carboxylic acids is 1. The SMILES string of the molecule is CCCc1[nH]nc(C(=O)N2CCC(OC)CC2)c1N. The van der Waals surface area contributed by atoms with Gasteiger partial charge < -0.3 is 15.4 Å². The summed E-state index contributed by atoms with van der Waals surface area (Å²) >= 11 is 0. The number of hydrogen-bond acceptors (Lipinski definition) is 4. The Morgan fingerprint density at radius 2 is 2.21 bits per heavy atom. The third kappa shape index (κ3) is 2.89. The van der Waals surface area contributed by atoms with Gasteiger partial charge in [0, 0.05) is 20.2 Å². The number of rotatable bonds is 4. The van der Waals surface area contributed by atoms with E-state index >= 15 is 0 Å². The normalized spacial score (nSPS) is 16.8. The molecule has 0 bridgehead atoms. The number of aromatic nitrogens is 2. The topological polar surface area (TPSA) is 84.2 Å². The maximum atomic E-state index is 12.4. The van der Waals surface area contributed by atoms with Crippen LogP contribution in [0.5, 0.6) is 0 Å². The van der Waals surface area contributed by atoms with Crippen LogP contribution in [0, 0.1) is 0 Å². The molecule has 0 unspecified atom stereocenters.